The van der Waals surface area contributed by atoms with Crippen molar-refractivity contribution in [3.63, 3.8) is 0 Å². The lowest BCUT2D eigenvalue weighted by atomic mass is 9.69. The minimum absolute atomic E-state index is 0.293. The summed E-state index contributed by atoms with van der Waals surface area (Å²) in [4.78, 5) is 0. The Hall–Kier alpha value is -1.59. The van der Waals surface area contributed by atoms with Gasteiger partial charge in [0.1, 0.15) is 0 Å². The fraction of sp³-hybridized carbons (Fsp3) is 0.625. The first-order valence-corrected chi connectivity index (χ1v) is 14.8. The minimum Gasteiger partial charge on any atom is -0.399 e. The van der Waals surface area contributed by atoms with Crippen LogP contribution in [0.5, 0.6) is 0 Å². The van der Waals surface area contributed by atoms with Crippen molar-refractivity contribution in [1.82, 2.24) is 0 Å². The van der Waals surface area contributed by atoms with E-state index in [1.165, 1.54) is 64.4 Å². The van der Waals surface area contributed by atoms with Crippen molar-refractivity contribution in [2.45, 2.75) is 128 Å². The Bertz CT molecular complexity index is 1300. The number of benzene rings is 2. The first kappa shape index (κ1) is 25.4. The molecule has 2 saturated heterocycles. The normalized spacial score (nSPS) is 29.3. The van der Waals surface area contributed by atoms with Crippen LogP contribution in [0, 0.1) is 0 Å². The van der Waals surface area contributed by atoms with Crippen LogP contribution in [0.25, 0.3) is 11.1 Å². The van der Waals surface area contributed by atoms with Crippen molar-refractivity contribution in [1.29, 1.82) is 0 Å². The van der Waals surface area contributed by atoms with Gasteiger partial charge in [0, 0.05) is 0 Å². The Kier molecular flexibility index (Phi) is 5.34. The van der Waals surface area contributed by atoms with Crippen LogP contribution in [0.2, 0.25) is 0 Å². The van der Waals surface area contributed by atoms with Crippen molar-refractivity contribution >= 4 is 25.2 Å². The molecule has 2 aliphatic heterocycles. The first-order valence-electron chi connectivity index (χ1n) is 14.8. The standard InChI is InChI=1S/C32H42B2O4/c1-29(2)30(3,4)36-33(35-29)25-16-14-22(21-10-9-11-23(21)25)24-15-17-26(28-20-13-12-19(18-20)27(24)28)34-37-31(5,6)32(7,8)38-34/h14-17,19-20H,9-13,18H2,1-8H3. The molecule has 3 aliphatic carbocycles. The highest BCUT2D eigenvalue weighted by Crippen LogP contribution is 2.56. The molecule has 2 aromatic carbocycles. The molecule has 200 valence electrons. The summed E-state index contributed by atoms with van der Waals surface area (Å²) in [6, 6.07) is 9.35. The van der Waals surface area contributed by atoms with E-state index in [2.05, 4.69) is 79.7 Å². The van der Waals surface area contributed by atoms with Gasteiger partial charge in [-0.05, 0) is 150 Å². The molecular weight excluding hydrogens is 470 g/mol. The molecule has 6 heteroatoms. The highest BCUT2D eigenvalue weighted by molar-refractivity contribution is 6.63. The molecule has 2 bridgehead atoms. The predicted molar refractivity (Wildman–Crippen MR) is 155 cm³/mol. The van der Waals surface area contributed by atoms with Gasteiger partial charge in [-0.15, -0.1) is 0 Å². The van der Waals surface area contributed by atoms with Gasteiger partial charge in [-0.2, -0.15) is 0 Å². The lowest BCUT2D eigenvalue weighted by molar-refractivity contribution is 0.00578. The van der Waals surface area contributed by atoms with Crippen LogP contribution in [0.4, 0.5) is 0 Å². The number of fused-ring (bicyclic) bond motifs is 6. The highest BCUT2D eigenvalue weighted by Gasteiger charge is 2.55. The molecule has 38 heavy (non-hydrogen) atoms. The molecule has 2 unspecified atom stereocenters. The summed E-state index contributed by atoms with van der Waals surface area (Å²) < 4.78 is 26.1. The van der Waals surface area contributed by atoms with E-state index in [-0.39, 0.29) is 36.6 Å². The van der Waals surface area contributed by atoms with E-state index in [9.17, 15) is 0 Å². The van der Waals surface area contributed by atoms with Crippen molar-refractivity contribution < 1.29 is 18.6 Å². The molecule has 1 saturated carbocycles. The van der Waals surface area contributed by atoms with Crippen molar-refractivity contribution in [2.75, 3.05) is 0 Å². The van der Waals surface area contributed by atoms with Gasteiger partial charge in [-0.25, -0.2) is 0 Å². The van der Waals surface area contributed by atoms with Crippen LogP contribution in [-0.4, -0.2) is 36.6 Å². The van der Waals surface area contributed by atoms with Gasteiger partial charge in [-0.3, -0.25) is 0 Å². The van der Waals surface area contributed by atoms with Gasteiger partial charge >= 0.3 is 14.2 Å². The van der Waals surface area contributed by atoms with Crippen LogP contribution in [0.1, 0.15) is 115 Å². The molecule has 0 N–H and O–H groups in total. The third-order valence-corrected chi connectivity index (χ3v) is 11.2. The van der Waals surface area contributed by atoms with E-state index >= 15 is 0 Å². The topological polar surface area (TPSA) is 36.9 Å². The first-order chi connectivity index (χ1) is 17.8. The highest BCUT2D eigenvalue weighted by atomic mass is 16.7. The maximum absolute atomic E-state index is 6.56. The van der Waals surface area contributed by atoms with Gasteiger partial charge in [0.2, 0.25) is 0 Å². The van der Waals surface area contributed by atoms with Gasteiger partial charge in [0.05, 0.1) is 22.4 Å². The number of hydrogen-bond donors (Lipinski definition) is 0. The summed E-state index contributed by atoms with van der Waals surface area (Å²) in [5, 5.41) is 0. The fourth-order valence-electron chi connectivity index (χ4n) is 7.64. The third-order valence-electron chi connectivity index (χ3n) is 11.2. The maximum Gasteiger partial charge on any atom is 0.495 e. The average Bonchev–Trinajstić information content (AvgIpc) is 3.62. The summed E-state index contributed by atoms with van der Waals surface area (Å²) in [7, 11) is -0.591. The summed E-state index contributed by atoms with van der Waals surface area (Å²) >= 11 is 0. The molecule has 4 nitrogen and oxygen atoms in total. The lowest BCUT2D eigenvalue weighted by Crippen LogP contribution is -2.41. The molecule has 7 rings (SSSR count). The average molecular weight is 512 g/mol. The van der Waals surface area contributed by atoms with Crippen LogP contribution in [-0.2, 0) is 31.5 Å². The SMILES string of the molecule is CC1(C)OB(c2ccc(-c3ccc(B4OC(C)(C)C(C)(C)O4)c4c3C3CCC4C3)c3c2CCC3)OC1(C)C. The second-order valence-corrected chi connectivity index (χ2v) is 14.4. The second-order valence-electron chi connectivity index (χ2n) is 14.4. The predicted octanol–water partition coefficient (Wildman–Crippen LogP) is 5.81. The summed E-state index contributed by atoms with van der Waals surface area (Å²) in [6.07, 6.45) is 7.27. The Morgan fingerprint density at radius 3 is 1.66 bits per heavy atom. The van der Waals surface area contributed by atoms with Gasteiger partial charge in [0.25, 0.3) is 0 Å². The zero-order valence-corrected chi connectivity index (χ0v) is 24.5. The number of rotatable bonds is 3. The van der Waals surface area contributed by atoms with Crippen molar-refractivity contribution in [3.8, 4) is 11.1 Å². The second kappa shape index (κ2) is 8.00. The van der Waals surface area contributed by atoms with E-state index in [1.54, 1.807) is 5.56 Å². The van der Waals surface area contributed by atoms with E-state index in [1.807, 2.05) is 0 Å². The quantitative estimate of drug-likeness (QED) is 0.487. The van der Waals surface area contributed by atoms with Crippen molar-refractivity contribution in [3.05, 3.63) is 46.5 Å². The monoisotopic (exact) mass is 512 g/mol. The molecule has 5 aliphatic rings. The molecule has 0 spiro atoms. The molecule has 0 aromatic heterocycles. The maximum atomic E-state index is 6.56. The Labute approximate surface area is 229 Å². The van der Waals surface area contributed by atoms with Crippen LogP contribution < -0.4 is 10.9 Å². The van der Waals surface area contributed by atoms with Crippen LogP contribution >= 0.6 is 0 Å². The van der Waals surface area contributed by atoms with Crippen molar-refractivity contribution in [2.24, 2.45) is 0 Å². The third kappa shape index (κ3) is 3.46. The zero-order valence-electron chi connectivity index (χ0n) is 24.5. The van der Waals surface area contributed by atoms with E-state index in [0.717, 1.165) is 12.8 Å². The van der Waals surface area contributed by atoms with E-state index < -0.39 is 0 Å². The molecule has 2 aromatic rings. The summed E-state index contributed by atoms with van der Waals surface area (Å²) in [6.45, 7) is 17.2. The molecule has 2 atom stereocenters. The molecule has 0 amide bonds. The Balaban J connectivity index is 1.32. The zero-order chi connectivity index (χ0) is 26.8. The smallest absolute Gasteiger partial charge is 0.399 e. The van der Waals surface area contributed by atoms with E-state index in [0.29, 0.717) is 11.8 Å². The fourth-order valence-corrected chi connectivity index (χ4v) is 7.64. The van der Waals surface area contributed by atoms with Gasteiger partial charge in [0.15, 0.2) is 0 Å². The summed E-state index contributed by atoms with van der Waals surface area (Å²) in [5.74, 6) is 1.27. The molecule has 0 radical (unpaired) electrons. The largest absolute Gasteiger partial charge is 0.495 e. The molecule has 2 heterocycles. The van der Waals surface area contributed by atoms with Crippen LogP contribution in [0.3, 0.4) is 0 Å². The Morgan fingerprint density at radius 2 is 1.05 bits per heavy atom. The summed E-state index contributed by atoms with van der Waals surface area (Å²) in [5.41, 5.74) is 10.1. The Morgan fingerprint density at radius 1 is 0.579 bits per heavy atom. The molecule has 3 fully saturated rings. The lowest BCUT2D eigenvalue weighted by Gasteiger charge is -2.32. The number of hydrogen-bond acceptors (Lipinski definition) is 4. The molecular formula is C32H42B2O4. The van der Waals surface area contributed by atoms with E-state index in [4.69, 9.17) is 18.6 Å². The van der Waals surface area contributed by atoms with Crippen LogP contribution in [0.15, 0.2) is 24.3 Å². The minimum atomic E-state index is -0.328. The van der Waals surface area contributed by atoms with Gasteiger partial charge < -0.3 is 18.6 Å². The van der Waals surface area contributed by atoms with Gasteiger partial charge in [-0.1, -0.05) is 24.3 Å².